The van der Waals surface area contributed by atoms with Crippen LogP contribution in [0, 0.1) is 64.1 Å². The fraction of sp³-hybridized carbons (Fsp3) is 0.704. The van der Waals surface area contributed by atoms with Gasteiger partial charge in [0.2, 0.25) is 0 Å². The first-order chi connectivity index (χ1) is 26.2. The number of hydrogen-bond acceptors (Lipinski definition) is 0. The maximum atomic E-state index is 2.90. The van der Waals surface area contributed by atoms with Crippen LogP contribution in [0.4, 0.5) is 0 Å². The second-order valence-corrected chi connectivity index (χ2v) is 23.9. The zero-order valence-electron chi connectivity index (χ0n) is 35.4. The van der Waals surface area contributed by atoms with E-state index in [-0.39, 0.29) is 61.8 Å². The first-order valence-corrected chi connectivity index (χ1v) is 23.9. The molecule has 0 saturated heterocycles. The number of fused-ring (bicyclic) bond motifs is 5. The van der Waals surface area contributed by atoms with Gasteiger partial charge in [0, 0.05) is 11.3 Å². The van der Waals surface area contributed by atoms with Crippen LogP contribution < -0.4 is 24.8 Å². The van der Waals surface area contributed by atoms with Crippen LogP contribution >= 0.6 is 0 Å². The minimum Gasteiger partial charge on any atom is -1.00 e. The molecule has 57 heavy (non-hydrogen) atoms. The summed E-state index contributed by atoms with van der Waals surface area (Å²) in [6.45, 7) is 7.52. The Balaban J connectivity index is 0.00000132. The predicted octanol–water partition coefficient (Wildman–Crippen LogP) is 8.41. The smallest absolute Gasteiger partial charge is 1.00 e. The SMILES string of the molecule is CC(C)(C)C1=CC2=C(C1)C1CCCC1C2(C1CCCCC1)C1c2ccc(C34CC5CC(CC(C5)C3)C4)cc2-c2cc(C34CC5CC(CC(C5)C3)C4)ccc21.[Cl-].[Cl-].[Zr+2]. The van der Waals surface area contributed by atoms with Crippen LogP contribution in [0.25, 0.3) is 11.1 Å². The monoisotopic (exact) mass is 876 g/mol. The van der Waals surface area contributed by atoms with Gasteiger partial charge in [-0.1, -0.05) is 100 Å². The summed E-state index contributed by atoms with van der Waals surface area (Å²) < 4.78 is 0. The van der Waals surface area contributed by atoms with Gasteiger partial charge in [-0.05, 0) is 218 Å². The van der Waals surface area contributed by atoms with Crippen molar-refractivity contribution in [3.8, 4) is 11.1 Å². The van der Waals surface area contributed by atoms with Crippen molar-refractivity contribution in [2.45, 2.75) is 172 Å². The average molecular weight is 879 g/mol. The van der Waals surface area contributed by atoms with Crippen molar-refractivity contribution in [2.24, 2.45) is 64.1 Å². The second-order valence-electron chi connectivity index (χ2n) is 23.9. The van der Waals surface area contributed by atoms with Crippen molar-refractivity contribution in [3.63, 3.8) is 0 Å². The van der Waals surface area contributed by atoms with Crippen molar-refractivity contribution in [1.82, 2.24) is 0 Å². The van der Waals surface area contributed by atoms with Crippen LogP contribution in [0.2, 0.25) is 0 Å². The minimum atomic E-state index is 0. The van der Waals surface area contributed by atoms with Crippen molar-refractivity contribution in [1.29, 1.82) is 0 Å². The molecule has 0 heterocycles. The summed E-state index contributed by atoms with van der Waals surface area (Å²) in [4.78, 5) is 0. The molecule has 0 nitrogen and oxygen atoms in total. The molecule has 15 rings (SSSR count). The van der Waals surface area contributed by atoms with Crippen LogP contribution in [-0.4, -0.2) is 0 Å². The molecule has 3 atom stereocenters. The summed E-state index contributed by atoms with van der Waals surface area (Å²) in [6, 6.07) is 17.0. The van der Waals surface area contributed by atoms with Crippen LogP contribution in [0.3, 0.4) is 0 Å². The normalized spacial score (nSPS) is 42.9. The zero-order valence-corrected chi connectivity index (χ0v) is 39.4. The van der Waals surface area contributed by atoms with E-state index < -0.39 is 0 Å². The predicted molar refractivity (Wildman–Crippen MR) is 222 cm³/mol. The van der Waals surface area contributed by atoms with E-state index in [2.05, 4.69) is 63.2 Å². The van der Waals surface area contributed by atoms with Crippen molar-refractivity contribution >= 4 is 0 Å². The molecule has 0 aromatic heterocycles. The largest absolute Gasteiger partial charge is 2.00 e. The van der Waals surface area contributed by atoms with Crippen LogP contribution in [-0.2, 0) is 37.0 Å². The van der Waals surface area contributed by atoms with Gasteiger partial charge in [-0.25, -0.2) is 0 Å². The Kier molecular flexibility index (Phi) is 9.90. The topological polar surface area (TPSA) is 0 Å². The van der Waals surface area contributed by atoms with Gasteiger partial charge in [0.25, 0.3) is 0 Å². The fourth-order valence-electron chi connectivity index (χ4n) is 19.0. The molecule has 0 N–H and O–H groups in total. The molecule has 2 aromatic rings. The molecule has 0 amide bonds. The van der Waals surface area contributed by atoms with Gasteiger partial charge >= 0.3 is 26.2 Å². The van der Waals surface area contributed by atoms with Crippen molar-refractivity contribution in [3.05, 3.63) is 81.4 Å². The molecule has 3 heteroatoms. The third-order valence-electron chi connectivity index (χ3n) is 20.1. The van der Waals surface area contributed by atoms with Crippen molar-refractivity contribution in [2.75, 3.05) is 0 Å². The molecule has 302 valence electrons. The number of rotatable bonds is 4. The van der Waals surface area contributed by atoms with E-state index >= 15 is 0 Å². The molecule has 0 aliphatic heterocycles. The Morgan fingerprint density at radius 3 is 1.49 bits per heavy atom. The minimum absolute atomic E-state index is 0. The van der Waals surface area contributed by atoms with E-state index in [1.54, 1.807) is 39.0 Å². The standard InChI is InChI=1S/C54H68.2ClH.Zr/c1-51(2,3)41-24-47-42-10-7-11-48(42)54(49(47)25-41,38-8-5-4-6-9-38)50-43-14-12-39(52-26-32-16-33(27-52)18-34(17-32)28-52)22-45(43)46-23-40(13-15-44(46)50)53-29-35-19-36(30-53)21-37(20-35)31-53;;;/h12-15,22-23,25,32-38,42,48,50H,4-11,16-21,24,26-31H2,1-3H3;2*1H;/q;;;+2/p-2. The molecule has 10 saturated carbocycles. The number of hydrogen-bond donors (Lipinski definition) is 0. The van der Waals surface area contributed by atoms with Gasteiger partial charge < -0.3 is 24.8 Å². The van der Waals surface area contributed by atoms with Crippen LogP contribution in [0.5, 0.6) is 0 Å². The fourth-order valence-corrected chi connectivity index (χ4v) is 19.0. The van der Waals surface area contributed by atoms with Crippen molar-refractivity contribution < 1.29 is 51.0 Å². The maximum Gasteiger partial charge on any atom is 2.00 e. The Morgan fingerprint density at radius 1 is 0.561 bits per heavy atom. The zero-order chi connectivity index (χ0) is 35.8. The van der Waals surface area contributed by atoms with E-state index in [0.29, 0.717) is 16.7 Å². The molecule has 0 spiro atoms. The van der Waals surface area contributed by atoms with E-state index in [4.69, 9.17) is 0 Å². The first kappa shape index (κ1) is 40.5. The summed E-state index contributed by atoms with van der Waals surface area (Å²) in [5, 5.41) is 0. The van der Waals surface area contributed by atoms with E-state index in [0.717, 1.165) is 53.3 Å². The summed E-state index contributed by atoms with van der Waals surface area (Å²) in [6.07, 6.45) is 33.9. The molecule has 10 fully saturated rings. The Hall–Kier alpha value is -0.617. The van der Waals surface area contributed by atoms with E-state index in [1.807, 2.05) is 11.1 Å². The third kappa shape index (κ3) is 5.63. The summed E-state index contributed by atoms with van der Waals surface area (Å²) in [5.41, 5.74) is 17.5. The summed E-state index contributed by atoms with van der Waals surface area (Å²) >= 11 is 0. The number of allylic oxidation sites excluding steroid dienone is 4. The molecule has 13 aliphatic carbocycles. The molecular weight excluding hydrogens is 811 g/mol. The van der Waals surface area contributed by atoms with Gasteiger partial charge in [-0.3, -0.25) is 0 Å². The number of halogens is 2. The quantitative estimate of drug-likeness (QED) is 0.290. The Bertz CT molecular complexity index is 1840. The molecule has 3 unspecified atom stereocenters. The Morgan fingerprint density at radius 2 is 1.04 bits per heavy atom. The second kappa shape index (κ2) is 13.9. The van der Waals surface area contributed by atoms with Crippen LogP contribution in [0.15, 0.2) is 59.2 Å². The average Bonchev–Trinajstić information content (AvgIpc) is 3.92. The van der Waals surface area contributed by atoms with Gasteiger partial charge in [-0.15, -0.1) is 0 Å². The summed E-state index contributed by atoms with van der Waals surface area (Å²) in [5.74, 6) is 8.97. The van der Waals surface area contributed by atoms with E-state index in [9.17, 15) is 0 Å². The molecule has 0 radical (unpaired) electrons. The van der Waals surface area contributed by atoms with E-state index in [1.165, 1.54) is 135 Å². The van der Waals surface area contributed by atoms with Gasteiger partial charge in [0.15, 0.2) is 0 Å². The van der Waals surface area contributed by atoms with Gasteiger partial charge in [0.05, 0.1) is 0 Å². The van der Waals surface area contributed by atoms with Crippen LogP contribution in [0.1, 0.15) is 184 Å². The number of benzene rings is 2. The maximum absolute atomic E-state index is 2.90. The molecule has 13 aliphatic rings. The molecule has 8 bridgehead atoms. The Labute approximate surface area is 377 Å². The molecular formula is C54H68Cl2Zr. The summed E-state index contributed by atoms with van der Waals surface area (Å²) in [7, 11) is 0. The first-order valence-electron chi connectivity index (χ1n) is 23.9. The van der Waals surface area contributed by atoms with Gasteiger partial charge in [0.1, 0.15) is 0 Å². The molecule has 2 aromatic carbocycles. The van der Waals surface area contributed by atoms with Gasteiger partial charge in [-0.2, -0.15) is 0 Å². The third-order valence-corrected chi connectivity index (χ3v) is 20.1.